The first-order valence-electron chi connectivity index (χ1n) is 5.07. The zero-order chi connectivity index (χ0) is 10.7. The van der Waals surface area contributed by atoms with Gasteiger partial charge < -0.3 is 9.47 Å². The predicted octanol–water partition coefficient (Wildman–Crippen LogP) is 1.90. The first-order chi connectivity index (χ1) is 7.33. The molecule has 0 aromatic heterocycles. The summed E-state index contributed by atoms with van der Waals surface area (Å²) in [5, 5.41) is 0. The first-order valence-corrected chi connectivity index (χ1v) is 5.07. The molecule has 1 heterocycles. The fourth-order valence-corrected chi connectivity index (χ4v) is 1.81. The van der Waals surface area contributed by atoms with E-state index in [2.05, 4.69) is 0 Å². The number of hydrogen-bond donors (Lipinski definition) is 0. The van der Waals surface area contributed by atoms with Crippen LogP contribution < -0.4 is 0 Å². The molecule has 1 aliphatic rings. The molecule has 0 N–H and O–H groups in total. The molecular weight excluding hydrogens is 192 g/mol. The Morgan fingerprint density at radius 3 is 2.93 bits per heavy atom. The lowest BCUT2D eigenvalue weighted by molar-refractivity contribution is -0.0902. The van der Waals surface area contributed by atoms with Gasteiger partial charge in [0.1, 0.15) is 6.10 Å². The number of ether oxygens (including phenoxy) is 2. The van der Waals surface area contributed by atoms with Crippen LogP contribution in [0.25, 0.3) is 0 Å². The largest absolute Gasteiger partial charge is 0.376 e. The fourth-order valence-electron chi connectivity index (χ4n) is 1.81. The quantitative estimate of drug-likeness (QED) is 0.693. The number of hydrogen-bond acceptors (Lipinski definition) is 3. The number of rotatable bonds is 2. The average molecular weight is 206 g/mol. The molecule has 1 aromatic rings. The molecule has 1 unspecified atom stereocenters. The summed E-state index contributed by atoms with van der Waals surface area (Å²) in [6.45, 7) is 3.69. The Labute approximate surface area is 89.0 Å². The van der Waals surface area contributed by atoms with Crippen LogP contribution in [-0.2, 0) is 9.47 Å². The third kappa shape index (κ3) is 2.08. The summed E-state index contributed by atoms with van der Waals surface area (Å²) in [5.41, 5.74) is 2.65. The lowest BCUT2D eigenvalue weighted by atomic mass is 9.99. The van der Waals surface area contributed by atoms with E-state index in [1.165, 1.54) is 0 Å². The number of benzene rings is 1. The van der Waals surface area contributed by atoms with Gasteiger partial charge in [-0.25, -0.2) is 0 Å². The van der Waals surface area contributed by atoms with Gasteiger partial charge in [0.05, 0.1) is 19.8 Å². The van der Waals surface area contributed by atoms with E-state index in [1.807, 2.05) is 25.1 Å². The van der Waals surface area contributed by atoms with Crippen LogP contribution >= 0.6 is 0 Å². The highest BCUT2D eigenvalue weighted by Gasteiger charge is 2.19. The maximum Gasteiger partial charge on any atom is 0.150 e. The van der Waals surface area contributed by atoms with E-state index in [9.17, 15) is 4.79 Å². The van der Waals surface area contributed by atoms with Crippen molar-refractivity contribution in [1.82, 2.24) is 0 Å². The maximum atomic E-state index is 11.0. The van der Waals surface area contributed by atoms with E-state index in [0.29, 0.717) is 19.8 Å². The van der Waals surface area contributed by atoms with Crippen molar-refractivity contribution in [2.45, 2.75) is 13.0 Å². The monoisotopic (exact) mass is 206 g/mol. The topological polar surface area (TPSA) is 35.5 Å². The van der Waals surface area contributed by atoms with Gasteiger partial charge in [-0.2, -0.15) is 0 Å². The molecule has 2 rings (SSSR count). The van der Waals surface area contributed by atoms with E-state index in [-0.39, 0.29) is 6.10 Å². The molecule has 0 saturated carbocycles. The van der Waals surface area contributed by atoms with Crippen LogP contribution in [0.4, 0.5) is 0 Å². The molecule has 0 spiro atoms. The minimum absolute atomic E-state index is 0.0983. The summed E-state index contributed by atoms with van der Waals surface area (Å²) >= 11 is 0. The van der Waals surface area contributed by atoms with Crippen molar-refractivity contribution in [3.8, 4) is 0 Å². The van der Waals surface area contributed by atoms with Crippen molar-refractivity contribution >= 4 is 6.29 Å². The van der Waals surface area contributed by atoms with E-state index in [0.717, 1.165) is 23.0 Å². The van der Waals surface area contributed by atoms with Gasteiger partial charge in [-0.1, -0.05) is 18.2 Å². The second kappa shape index (κ2) is 4.55. The van der Waals surface area contributed by atoms with Gasteiger partial charge in [-0.05, 0) is 18.1 Å². The highest BCUT2D eigenvalue weighted by Crippen LogP contribution is 2.25. The van der Waals surface area contributed by atoms with E-state index in [4.69, 9.17) is 9.47 Å². The molecule has 3 heteroatoms. The van der Waals surface area contributed by atoms with E-state index >= 15 is 0 Å². The number of carbonyl (C=O) groups is 1. The summed E-state index contributed by atoms with van der Waals surface area (Å²) in [7, 11) is 0. The highest BCUT2D eigenvalue weighted by molar-refractivity contribution is 5.79. The lowest BCUT2D eigenvalue weighted by Crippen LogP contribution is -2.23. The van der Waals surface area contributed by atoms with Crippen molar-refractivity contribution in [2.24, 2.45) is 0 Å². The van der Waals surface area contributed by atoms with Gasteiger partial charge in [0.15, 0.2) is 6.29 Å². The molecule has 0 radical (unpaired) electrons. The van der Waals surface area contributed by atoms with Crippen molar-refractivity contribution < 1.29 is 14.3 Å². The average Bonchev–Trinajstić information content (AvgIpc) is 2.30. The molecule has 1 aromatic carbocycles. The van der Waals surface area contributed by atoms with Gasteiger partial charge in [-0.15, -0.1) is 0 Å². The molecule has 0 amide bonds. The summed E-state index contributed by atoms with van der Waals surface area (Å²) in [6.07, 6.45) is 0.793. The lowest BCUT2D eigenvalue weighted by Gasteiger charge is -2.24. The van der Waals surface area contributed by atoms with Crippen LogP contribution in [0, 0.1) is 6.92 Å². The molecule has 1 aliphatic heterocycles. The molecule has 0 bridgehead atoms. The van der Waals surface area contributed by atoms with Crippen LogP contribution in [0.2, 0.25) is 0 Å². The number of aldehydes is 1. The molecule has 15 heavy (non-hydrogen) atoms. The van der Waals surface area contributed by atoms with Crippen LogP contribution in [-0.4, -0.2) is 26.1 Å². The normalized spacial score (nSPS) is 21.3. The fraction of sp³-hybridized carbons (Fsp3) is 0.417. The van der Waals surface area contributed by atoms with Crippen LogP contribution in [0.3, 0.4) is 0 Å². The predicted molar refractivity (Wildman–Crippen MR) is 56.1 cm³/mol. The minimum Gasteiger partial charge on any atom is -0.376 e. The molecule has 0 aliphatic carbocycles. The van der Waals surface area contributed by atoms with Crippen LogP contribution in [0.5, 0.6) is 0 Å². The zero-order valence-electron chi connectivity index (χ0n) is 8.73. The van der Waals surface area contributed by atoms with Gasteiger partial charge in [0, 0.05) is 5.56 Å². The Kier molecular flexibility index (Phi) is 3.14. The first kappa shape index (κ1) is 10.3. The maximum absolute atomic E-state index is 11.0. The van der Waals surface area contributed by atoms with Gasteiger partial charge in [0.2, 0.25) is 0 Å². The van der Waals surface area contributed by atoms with E-state index in [1.54, 1.807) is 0 Å². The summed E-state index contributed by atoms with van der Waals surface area (Å²) in [6, 6.07) is 5.79. The van der Waals surface area contributed by atoms with Crippen molar-refractivity contribution in [2.75, 3.05) is 19.8 Å². The third-order valence-electron chi connectivity index (χ3n) is 2.64. The minimum atomic E-state index is -0.0983. The standard InChI is InChI=1S/C12H14O3/c1-9-3-2-4-10(11(9)7-13)12-8-14-5-6-15-12/h2-4,7,12H,5-6,8H2,1H3. The van der Waals surface area contributed by atoms with Crippen LogP contribution in [0.1, 0.15) is 27.6 Å². The Hall–Kier alpha value is -1.19. The Bertz CT molecular complexity index is 354. The number of aryl methyl sites for hydroxylation is 1. The number of carbonyl (C=O) groups excluding carboxylic acids is 1. The van der Waals surface area contributed by atoms with Gasteiger partial charge >= 0.3 is 0 Å². The van der Waals surface area contributed by atoms with Crippen molar-refractivity contribution in [3.05, 3.63) is 34.9 Å². The second-order valence-corrected chi connectivity index (χ2v) is 3.63. The molecule has 1 fully saturated rings. The summed E-state index contributed by atoms with van der Waals surface area (Å²) < 4.78 is 10.9. The Morgan fingerprint density at radius 2 is 2.27 bits per heavy atom. The Morgan fingerprint density at radius 1 is 1.40 bits per heavy atom. The molecule has 1 atom stereocenters. The summed E-state index contributed by atoms with van der Waals surface area (Å²) in [4.78, 5) is 11.0. The van der Waals surface area contributed by atoms with Gasteiger partial charge in [-0.3, -0.25) is 4.79 Å². The van der Waals surface area contributed by atoms with Crippen molar-refractivity contribution in [1.29, 1.82) is 0 Å². The zero-order valence-corrected chi connectivity index (χ0v) is 8.73. The van der Waals surface area contributed by atoms with Crippen LogP contribution in [0.15, 0.2) is 18.2 Å². The van der Waals surface area contributed by atoms with Crippen molar-refractivity contribution in [3.63, 3.8) is 0 Å². The molecule has 3 nitrogen and oxygen atoms in total. The third-order valence-corrected chi connectivity index (χ3v) is 2.64. The Balaban J connectivity index is 2.33. The highest BCUT2D eigenvalue weighted by atomic mass is 16.6. The SMILES string of the molecule is Cc1cccc(C2COCCO2)c1C=O. The van der Waals surface area contributed by atoms with E-state index < -0.39 is 0 Å². The molecule has 1 saturated heterocycles. The van der Waals surface area contributed by atoms with Gasteiger partial charge in [0.25, 0.3) is 0 Å². The summed E-state index contributed by atoms with van der Waals surface area (Å²) in [5.74, 6) is 0. The smallest absolute Gasteiger partial charge is 0.150 e. The second-order valence-electron chi connectivity index (χ2n) is 3.63. The molecular formula is C12H14O3. The molecule has 80 valence electrons.